The number of anilines is 2. The fraction of sp³-hybridized carbons (Fsp3) is 0.150. The number of nitrogen functional groups attached to an aromatic ring is 1. The van der Waals surface area contributed by atoms with Crippen LogP contribution in [0.1, 0.15) is 31.8 Å². The third kappa shape index (κ3) is 3.67. The van der Waals surface area contributed by atoms with Crippen LogP contribution in [0, 0.1) is 13.8 Å². The second-order valence-electron chi connectivity index (χ2n) is 6.17. The Morgan fingerprint density at radius 1 is 1.11 bits per heavy atom. The molecule has 0 spiro atoms. The third-order valence-corrected chi connectivity index (χ3v) is 4.23. The van der Waals surface area contributed by atoms with Gasteiger partial charge in [-0.15, -0.1) is 0 Å². The first-order valence-electron chi connectivity index (χ1n) is 8.31. The smallest absolute Gasteiger partial charge is 0.343 e. The van der Waals surface area contributed by atoms with Crippen LogP contribution in [0.3, 0.4) is 0 Å². The van der Waals surface area contributed by atoms with Gasteiger partial charge in [0.25, 0.3) is 5.91 Å². The van der Waals surface area contributed by atoms with Crippen LogP contribution in [0.4, 0.5) is 11.5 Å². The Balaban J connectivity index is 1.81. The minimum Gasteiger partial charge on any atom is -0.465 e. The summed E-state index contributed by atoms with van der Waals surface area (Å²) in [4.78, 5) is 24.1. The summed E-state index contributed by atoms with van der Waals surface area (Å²) < 4.78 is 6.08. The quantitative estimate of drug-likeness (QED) is 0.693. The highest BCUT2D eigenvalue weighted by molar-refractivity contribution is 6.04. The molecule has 138 valence electrons. The standard InChI is InChI=1S/C20H20N4O3/c1-12-4-5-13(2)17(10-12)23-19(25)14-6-8-15(9-7-14)24-18(21)16(11-22-24)20(26)27-3/h4-11H,21H2,1-3H3,(H,23,25). The maximum atomic E-state index is 12.5. The lowest BCUT2D eigenvalue weighted by molar-refractivity contribution is 0.0602. The van der Waals surface area contributed by atoms with Crippen molar-refractivity contribution in [3.8, 4) is 5.69 Å². The van der Waals surface area contributed by atoms with E-state index in [0.29, 0.717) is 11.3 Å². The van der Waals surface area contributed by atoms with Crippen molar-refractivity contribution in [1.82, 2.24) is 9.78 Å². The summed E-state index contributed by atoms with van der Waals surface area (Å²) in [6.45, 7) is 3.92. The number of methoxy groups -OCH3 is 1. The predicted octanol–water partition coefficient (Wildman–Crippen LogP) is 3.11. The van der Waals surface area contributed by atoms with Crippen molar-refractivity contribution < 1.29 is 14.3 Å². The SMILES string of the molecule is COC(=O)c1cnn(-c2ccc(C(=O)Nc3cc(C)ccc3C)cc2)c1N. The summed E-state index contributed by atoms with van der Waals surface area (Å²) in [7, 11) is 1.28. The third-order valence-electron chi connectivity index (χ3n) is 4.23. The highest BCUT2D eigenvalue weighted by Gasteiger charge is 2.16. The Hall–Kier alpha value is -3.61. The van der Waals surface area contributed by atoms with E-state index < -0.39 is 5.97 Å². The van der Waals surface area contributed by atoms with Crippen LogP contribution in [-0.4, -0.2) is 28.8 Å². The van der Waals surface area contributed by atoms with E-state index in [-0.39, 0.29) is 17.3 Å². The maximum absolute atomic E-state index is 12.5. The molecule has 0 unspecified atom stereocenters. The van der Waals surface area contributed by atoms with Crippen molar-refractivity contribution in [3.05, 3.63) is 70.9 Å². The molecule has 27 heavy (non-hydrogen) atoms. The van der Waals surface area contributed by atoms with E-state index in [1.807, 2.05) is 32.0 Å². The van der Waals surface area contributed by atoms with E-state index in [2.05, 4.69) is 15.2 Å². The summed E-state index contributed by atoms with van der Waals surface area (Å²) in [5.74, 6) is -0.586. The fourth-order valence-corrected chi connectivity index (χ4v) is 2.65. The Bertz CT molecular complexity index is 1010. The molecule has 0 bridgehead atoms. The molecule has 1 aromatic heterocycles. The van der Waals surface area contributed by atoms with Crippen LogP contribution in [0.5, 0.6) is 0 Å². The first-order chi connectivity index (χ1) is 12.9. The van der Waals surface area contributed by atoms with Gasteiger partial charge in [-0.25, -0.2) is 9.48 Å². The number of rotatable bonds is 4. The number of hydrogen-bond donors (Lipinski definition) is 2. The van der Waals surface area contributed by atoms with Crippen molar-refractivity contribution in [1.29, 1.82) is 0 Å². The van der Waals surface area contributed by atoms with Gasteiger partial charge in [0.05, 0.1) is 19.0 Å². The summed E-state index contributed by atoms with van der Waals surface area (Å²) in [5.41, 5.74) is 10.1. The summed E-state index contributed by atoms with van der Waals surface area (Å²) in [5, 5.41) is 7.03. The molecule has 3 rings (SSSR count). The molecule has 0 atom stereocenters. The summed E-state index contributed by atoms with van der Waals surface area (Å²) in [6.07, 6.45) is 1.35. The minimum atomic E-state index is -0.553. The minimum absolute atomic E-state index is 0.175. The normalized spacial score (nSPS) is 10.5. The topological polar surface area (TPSA) is 99.2 Å². The van der Waals surface area contributed by atoms with Crippen molar-refractivity contribution in [2.24, 2.45) is 0 Å². The average molecular weight is 364 g/mol. The molecule has 3 aromatic rings. The zero-order valence-electron chi connectivity index (χ0n) is 15.3. The zero-order chi connectivity index (χ0) is 19.6. The second kappa shape index (κ2) is 7.33. The van der Waals surface area contributed by atoms with Crippen molar-refractivity contribution in [2.75, 3.05) is 18.2 Å². The van der Waals surface area contributed by atoms with Crippen LogP contribution in [0.25, 0.3) is 5.69 Å². The number of nitrogens with one attached hydrogen (secondary N) is 1. The van der Waals surface area contributed by atoms with Gasteiger partial charge in [-0.2, -0.15) is 5.10 Å². The number of benzene rings is 2. The average Bonchev–Trinajstić information content (AvgIpc) is 3.05. The van der Waals surface area contributed by atoms with Gasteiger partial charge >= 0.3 is 5.97 Å². The van der Waals surface area contributed by atoms with Gasteiger partial charge in [0.15, 0.2) is 0 Å². The lowest BCUT2D eigenvalue weighted by Gasteiger charge is -2.10. The highest BCUT2D eigenvalue weighted by Crippen LogP contribution is 2.20. The number of hydrogen-bond acceptors (Lipinski definition) is 5. The Morgan fingerprint density at radius 3 is 2.48 bits per heavy atom. The lowest BCUT2D eigenvalue weighted by atomic mass is 10.1. The molecule has 7 heteroatoms. The van der Waals surface area contributed by atoms with Gasteiger partial charge in [-0.3, -0.25) is 4.79 Å². The van der Waals surface area contributed by atoms with E-state index in [9.17, 15) is 9.59 Å². The number of aryl methyl sites for hydroxylation is 2. The lowest BCUT2D eigenvalue weighted by Crippen LogP contribution is -2.13. The van der Waals surface area contributed by atoms with Crippen molar-refractivity contribution in [3.63, 3.8) is 0 Å². The number of carbonyl (C=O) groups is 2. The molecule has 0 radical (unpaired) electrons. The number of amides is 1. The van der Waals surface area contributed by atoms with Crippen molar-refractivity contribution >= 4 is 23.4 Å². The van der Waals surface area contributed by atoms with Gasteiger partial charge < -0.3 is 15.8 Å². The Kier molecular flexibility index (Phi) is 4.94. The predicted molar refractivity (Wildman–Crippen MR) is 103 cm³/mol. The Labute approximate surface area is 156 Å². The molecular formula is C20H20N4O3. The van der Waals surface area contributed by atoms with E-state index in [1.54, 1.807) is 24.3 Å². The zero-order valence-corrected chi connectivity index (χ0v) is 15.3. The van der Waals surface area contributed by atoms with E-state index in [1.165, 1.54) is 18.0 Å². The molecule has 3 N–H and O–H groups in total. The number of nitrogens with zero attached hydrogens (tertiary/aromatic N) is 2. The Morgan fingerprint density at radius 2 is 1.81 bits per heavy atom. The van der Waals surface area contributed by atoms with E-state index in [0.717, 1.165) is 16.8 Å². The van der Waals surface area contributed by atoms with Crippen LogP contribution in [0.2, 0.25) is 0 Å². The van der Waals surface area contributed by atoms with Crippen LogP contribution < -0.4 is 11.1 Å². The van der Waals surface area contributed by atoms with Gasteiger partial charge in [-0.1, -0.05) is 12.1 Å². The molecule has 0 fully saturated rings. The molecule has 1 heterocycles. The summed E-state index contributed by atoms with van der Waals surface area (Å²) in [6, 6.07) is 12.7. The number of aromatic nitrogens is 2. The number of esters is 1. The van der Waals surface area contributed by atoms with Gasteiger partial charge in [0.1, 0.15) is 11.4 Å². The summed E-state index contributed by atoms with van der Waals surface area (Å²) >= 11 is 0. The molecule has 0 aliphatic carbocycles. The first kappa shape index (κ1) is 18.2. The van der Waals surface area contributed by atoms with Gasteiger partial charge in [0.2, 0.25) is 0 Å². The van der Waals surface area contributed by atoms with Crippen LogP contribution in [0.15, 0.2) is 48.7 Å². The monoisotopic (exact) mass is 364 g/mol. The van der Waals surface area contributed by atoms with E-state index >= 15 is 0 Å². The second-order valence-corrected chi connectivity index (χ2v) is 6.17. The van der Waals surface area contributed by atoms with Crippen LogP contribution in [-0.2, 0) is 4.74 Å². The highest BCUT2D eigenvalue weighted by atomic mass is 16.5. The van der Waals surface area contributed by atoms with Crippen LogP contribution >= 0.6 is 0 Å². The number of nitrogens with two attached hydrogens (primary N) is 1. The number of ether oxygens (including phenoxy) is 1. The molecule has 7 nitrogen and oxygen atoms in total. The fourth-order valence-electron chi connectivity index (χ4n) is 2.65. The number of carbonyl (C=O) groups excluding carboxylic acids is 2. The van der Waals surface area contributed by atoms with Gasteiger partial charge in [0, 0.05) is 11.3 Å². The maximum Gasteiger partial charge on any atom is 0.343 e. The van der Waals surface area contributed by atoms with E-state index in [4.69, 9.17) is 5.73 Å². The molecule has 0 saturated carbocycles. The molecule has 2 aromatic carbocycles. The first-order valence-corrected chi connectivity index (χ1v) is 8.31. The molecule has 0 aliphatic heterocycles. The molecule has 0 saturated heterocycles. The van der Waals surface area contributed by atoms with Gasteiger partial charge in [-0.05, 0) is 55.3 Å². The molecule has 0 aliphatic rings. The molecule has 1 amide bonds. The molecular weight excluding hydrogens is 344 g/mol. The largest absolute Gasteiger partial charge is 0.465 e. The van der Waals surface area contributed by atoms with Crippen molar-refractivity contribution in [2.45, 2.75) is 13.8 Å².